The van der Waals surface area contributed by atoms with Crippen molar-refractivity contribution in [2.45, 2.75) is 182 Å². The van der Waals surface area contributed by atoms with Crippen molar-refractivity contribution >= 4 is 0 Å². The van der Waals surface area contributed by atoms with Gasteiger partial charge < -0.3 is 5.32 Å². The first kappa shape index (κ1) is 30.0. The molecule has 0 spiro atoms. The Labute approximate surface area is 193 Å². The van der Waals surface area contributed by atoms with E-state index in [4.69, 9.17) is 0 Å². The zero-order chi connectivity index (χ0) is 22.3. The number of rotatable bonds is 24. The van der Waals surface area contributed by atoms with Gasteiger partial charge in [-0.25, -0.2) is 0 Å². The van der Waals surface area contributed by atoms with E-state index in [0.717, 1.165) is 12.0 Å². The molecule has 0 saturated heterocycles. The number of hydrogen-bond acceptors (Lipinski definition) is 1. The van der Waals surface area contributed by atoms with Gasteiger partial charge in [0.25, 0.3) is 0 Å². The fraction of sp³-hybridized carbons (Fsp3) is 1.00. The zero-order valence-corrected chi connectivity index (χ0v) is 22.1. The molecule has 0 aliphatic carbocycles. The van der Waals surface area contributed by atoms with Gasteiger partial charge in [0.1, 0.15) is 0 Å². The molecule has 0 rings (SSSR count). The average molecular weight is 424 g/mol. The lowest BCUT2D eigenvalue weighted by Gasteiger charge is -2.30. The van der Waals surface area contributed by atoms with Crippen LogP contribution in [-0.4, -0.2) is 12.1 Å². The van der Waals surface area contributed by atoms with Crippen molar-refractivity contribution in [1.29, 1.82) is 0 Å². The first-order valence-electron chi connectivity index (χ1n) is 14.4. The molecule has 0 heterocycles. The maximum atomic E-state index is 4.17. The van der Waals surface area contributed by atoms with Crippen molar-refractivity contribution in [1.82, 2.24) is 5.32 Å². The molecule has 1 N–H and O–H groups in total. The van der Waals surface area contributed by atoms with Gasteiger partial charge in [0.2, 0.25) is 0 Å². The van der Waals surface area contributed by atoms with E-state index in [1.165, 1.54) is 135 Å². The monoisotopic (exact) mass is 423 g/mol. The average Bonchev–Trinajstić information content (AvgIpc) is 2.75. The normalized spacial score (nSPS) is 13.8. The first-order valence-corrected chi connectivity index (χ1v) is 14.4. The first-order chi connectivity index (χ1) is 14.7. The molecular formula is C29H61N. The Bertz CT molecular complexity index is 301. The minimum atomic E-state index is 0.695. The fourth-order valence-corrected chi connectivity index (χ4v) is 4.94. The van der Waals surface area contributed by atoms with Crippen molar-refractivity contribution in [3.05, 3.63) is 0 Å². The van der Waals surface area contributed by atoms with E-state index in [0.29, 0.717) is 6.04 Å². The van der Waals surface area contributed by atoms with E-state index in [1.54, 1.807) is 0 Å². The third-order valence-corrected chi connectivity index (χ3v) is 7.12. The quantitative estimate of drug-likeness (QED) is 0.152. The molecule has 0 fully saturated rings. The van der Waals surface area contributed by atoms with E-state index in [2.05, 4.69) is 39.9 Å². The van der Waals surface area contributed by atoms with Gasteiger partial charge in [-0.15, -0.1) is 0 Å². The van der Waals surface area contributed by atoms with Crippen LogP contribution in [0.5, 0.6) is 0 Å². The van der Waals surface area contributed by atoms with Crippen LogP contribution in [0.1, 0.15) is 169 Å². The maximum Gasteiger partial charge on any atom is 0.00696 e. The van der Waals surface area contributed by atoms with E-state index >= 15 is 0 Å². The summed E-state index contributed by atoms with van der Waals surface area (Å²) in [5.41, 5.74) is 0. The Morgan fingerprint density at radius 1 is 0.433 bits per heavy atom. The van der Waals surface area contributed by atoms with Gasteiger partial charge in [-0.1, -0.05) is 137 Å². The van der Waals surface area contributed by atoms with Crippen LogP contribution < -0.4 is 5.32 Å². The summed E-state index contributed by atoms with van der Waals surface area (Å²) in [6.45, 7) is 11.8. The second kappa shape index (κ2) is 23.6. The van der Waals surface area contributed by atoms with Gasteiger partial charge in [-0.3, -0.25) is 0 Å². The molecule has 1 unspecified atom stereocenters. The standard InChI is InChI=1S/C29H61N/c1-6-10-14-18-22-26-29(25-21-17-13-9-4)30-27(5)28(23-19-15-11-7-2)24-20-16-12-8-3/h27-30H,6-26H2,1-5H3/t27-,29?/m0/s1. The summed E-state index contributed by atoms with van der Waals surface area (Å²) in [6.07, 6.45) is 29.7. The van der Waals surface area contributed by atoms with Crippen molar-refractivity contribution in [3.8, 4) is 0 Å². The zero-order valence-electron chi connectivity index (χ0n) is 22.1. The summed E-state index contributed by atoms with van der Waals surface area (Å²) in [6, 6.07) is 1.45. The largest absolute Gasteiger partial charge is 0.311 e. The Hall–Kier alpha value is -0.0400. The summed E-state index contributed by atoms with van der Waals surface area (Å²) in [7, 11) is 0. The van der Waals surface area contributed by atoms with Crippen LogP contribution >= 0.6 is 0 Å². The fourth-order valence-electron chi connectivity index (χ4n) is 4.94. The lowest BCUT2D eigenvalue weighted by Crippen LogP contribution is -2.41. The smallest absolute Gasteiger partial charge is 0.00696 e. The van der Waals surface area contributed by atoms with E-state index in [-0.39, 0.29) is 0 Å². The van der Waals surface area contributed by atoms with E-state index < -0.39 is 0 Å². The molecule has 0 saturated carbocycles. The van der Waals surface area contributed by atoms with Gasteiger partial charge in [-0.05, 0) is 38.5 Å². The van der Waals surface area contributed by atoms with Gasteiger partial charge in [0.15, 0.2) is 0 Å². The van der Waals surface area contributed by atoms with Crippen LogP contribution in [0.3, 0.4) is 0 Å². The van der Waals surface area contributed by atoms with Gasteiger partial charge in [0, 0.05) is 12.1 Å². The number of unbranched alkanes of at least 4 members (excludes halogenated alkanes) is 13. The van der Waals surface area contributed by atoms with Gasteiger partial charge >= 0.3 is 0 Å². The third kappa shape index (κ3) is 18.7. The van der Waals surface area contributed by atoms with E-state index in [1.807, 2.05) is 0 Å². The summed E-state index contributed by atoms with van der Waals surface area (Å²) >= 11 is 0. The highest BCUT2D eigenvalue weighted by molar-refractivity contribution is 4.78. The Kier molecular flexibility index (Phi) is 23.6. The van der Waals surface area contributed by atoms with Crippen molar-refractivity contribution < 1.29 is 0 Å². The van der Waals surface area contributed by atoms with Crippen LogP contribution in [-0.2, 0) is 0 Å². The van der Waals surface area contributed by atoms with Crippen LogP contribution in [0.15, 0.2) is 0 Å². The van der Waals surface area contributed by atoms with Crippen molar-refractivity contribution in [2.24, 2.45) is 5.92 Å². The maximum absolute atomic E-state index is 4.17. The molecule has 1 nitrogen and oxygen atoms in total. The second-order valence-corrected chi connectivity index (χ2v) is 10.2. The molecule has 0 aliphatic rings. The molecule has 0 aromatic rings. The Morgan fingerprint density at radius 2 is 0.767 bits per heavy atom. The molecule has 1 heteroatoms. The van der Waals surface area contributed by atoms with Crippen molar-refractivity contribution in [2.75, 3.05) is 0 Å². The number of hydrogen-bond donors (Lipinski definition) is 1. The highest BCUT2D eigenvalue weighted by atomic mass is 14.9. The third-order valence-electron chi connectivity index (χ3n) is 7.12. The topological polar surface area (TPSA) is 12.0 Å². The minimum Gasteiger partial charge on any atom is -0.311 e. The van der Waals surface area contributed by atoms with Crippen LogP contribution in [0.25, 0.3) is 0 Å². The summed E-state index contributed by atoms with van der Waals surface area (Å²) in [5.74, 6) is 0.886. The molecule has 30 heavy (non-hydrogen) atoms. The molecular weight excluding hydrogens is 362 g/mol. The van der Waals surface area contributed by atoms with Gasteiger partial charge in [-0.2, -0.15) is 0 Å². The highest BCUT2D eigenvalue weighted by Crippen LogP contribution is 2.23. The SMILES string of the molecule is CCCCCCCC(CCCCCC)N[C@@H](C)C(CCCCCC)CCCCCC. The molecule has 0 radical (unpaired) electrons. The molecule has 182 valence electrons. The van der Waals surface area contributed by atoms with Crippen LogP contribution in [0.2, 0.25) is 0 Å². The molecule has 0 bridgehead atoms. The Balaban J connectivity index is 4.59. The summed E-state index contributed by atoms with van der Waals surface area (Å²) in [4.78, 5) is 0. The molecule has 0 aromatic carbocycles. The minimum absolute atomic E-state index is 0.695. The lowest BCUT2D eigenvalue weighted by molar-refractivity contribution is 0.273. The predicted molar refractivity (Wildman–Crippen MR) is 140 cm³/mol. The second-order valence-electron chi connectivity index (χ2n) is 10.2. The summed E-state index contributed by atoms with van der Waals surface area (Å²) < 4.78 is 0. The highest BCUT2D eigenvalue weighted by Gasteiger charge is 2.20. The van der Waals surface area contributed by atoms with Crippen LogP contribution in [0, 0.1) is 5.92 Å². The molecule has 0 amide bonds. The number of nitrogens with one attached hydrogen (secondary N) is 1. The molecule has 2 atom stereocenters. The van der Waals surface area contributed by atoms with Gasteiger partial charge in [0.05, 0.1) is 0 Å². The molecule has 0 aromatic heterocycles. The molecule has 0 aliphatic heterocycles. The lowest BCUT2D eigenvalue weighted by atomic mass is 9.88. The van der Waals surface area contributed by atoms with E-state index in [9.17, 15) is 0 Å². The van der Waals surface area contributed by atoms with Crippen LogP contribution in [0.4, 0.5) is 0 Å². The summed E-state index contributed by atoms with van der Waals surface area (Å²) in [5, 5.41) is 4.17. The van der Waals surface area contributed by atoms with Crippen molar-refractivity contribution in [3.63, 3.8) is 0 Å². The predicted octanol–water partition coefficient (Wildman–Crippen LogP) is 10.2. The Morgan fingerprint density at radius 3 is 1.17 bits per heavy atom.